The Balaban J connectivity index is 3.53. The fourth-order valence-electron chi connectivity index (χ4n) is 0.792. The Morgan fingerprint density at radius 3 is 2.36 bits per heavy atom. The zero-order chi connectivity index (χ0) is 10.8. The maximum absolute atomic E-state index is 9.98. The van der Waals surface area contributed by atoms with E-state index in [2.05, 4.69) is 17.9 Å². The normalized spacial score (nSPS) is 9.21. The minimum absolute atomic E-state index is 0.118. The molecule has 0 saturated heterocycles. The third-order valence-corrected chi connectivity index (χ3v) is 1.31. The Morgan fingerprint density at radius 2 is 1.93 bits per heavy atom. The molecule has 80 valence electrons. The molecule has 0 bridgehead atoms. The van der Waals surface area contributed by atoms with E-state index >= 15 is 0 Å². The summed E-state index contributed by atoms with van der Waals surface area (Å²) in [6, 6.07) is 0. The van der Waals surface area contributed by atoms with Crippen LogP contribution in [0.15, 0.2) is 25.7 Å². The van der Waals surface area contributed by atoms with Crippen LogP contribution in [0.4, 0.5) is 4.79 Å². The third-order valence-electron chi connectivity index (χ3n) is 1.31. The van der Waals surface area contributed by atoms with Crippen LogP contribution in [0, 0.1) is 0 Å². The molecule has 5 heteroatoms. The molecule has 0 rings (SSSR count). The molecule has 0 aromatic rings. The van der Waals surface area contributed by atoms with E-state index in [0.717, 1.165) is 0 Å². The highest BCUT2D eigenvalue weighted by Crippen LogP contribution is 2.05. The van der Waals surface area contributed by atoms with E-state index in [1.54, 1.807) is 0 Å². The molecule has 0 amide bonds. The topological polar surface area (TPSA) is 65.0 Å². The molecular weight excluding hydrogens is 188 g/mol. The summed E-state index contributed by atoms with van der Waals surface area (Å²) in [5.41, 5.74) is 0. The van der Waals surface area contributed by atoms with Gasteiger partial charge in [0.05, 0.1) is 19.1 Å². The van der Waals surface area contributed by atoms with Gasteiger partial charge >= 0.3 is 6.16 Å². The highest BCUT2D eigenvalue weighted by molar-refractivity contribution is 5.56. The van der Waals surface area contributed by atoms with E-state index < -0.39 is 12.4 Å². The molecule has 0 saturated carbocycles. The summed E-state index contributed by atoms with van der Waals surface area (Å²) < 4.78 is 14.2. The highest BCUT2D eigenvalue weighted by Gasteiger charge is 2.07. The predicted octanol–water partition coefficient (Wildman–Crippen LogP) is 2.11. The molecule has 0 aromatic carbocycles. The van der Waals surface area contributed by atoms with Gasteiger partial charge in [-0.25, -0.2) is 4.79 Å². The second-order valence-electron chi connectivity index (χ2n) is 2.29. The maximum atomic E-state index is 9.98. The molecular formula is C9H14O5. The van der Waals surface area contributed by atoms with Crippen LogP contribution in [0.2, 0.25) is 0 Å². The molecule has 0 unspecified atom stereocenters. The Morgan fingerprint density at radius 1 is 1.36 bits per heavy atom. The molecule has 0 aliphatic heterocycles. The van der Waals surface area contributed by atoms with Gasteiger partial charge in [-0.05, 0) is 6.42 Å². The van der Waals surface area contributed by atoms with Crippen LogP contribution in [-0.4, -0.2) is 24.2 Å². The molecule has 0 atom stereocenters. The van der Waals surface area contributed by atoms with Gasteiger partial charge in [0.15, 0.2) is 0 Å². The van der Waals surface area contributed by atoms with Crippen LogP contribution in [0.1, 0.15) is 12.8 Å². The minimum atomic E-state index is -1.28. The number of rotatable bonds is 8. The molecule has 1 N–H and O–H groups in total. The lowest BCUT2D eigenvalue weighted by Gasteiger charge is -2.14. The zero-order valence-electron chi connectivity index (χ0n) is 7.85. The van der Waals surface area contributed by atoms with E-state index in [0.29, 0.717) is 12.8 Å². The Bertz CT molecular complexity index is 180. The summed E-state index contributed by atoms with van der Waals surface area (Å²) in [6.07, 6.45) is 1.76. The smallest absolute Gasteiger partial charge is 0.463 e. The quantitative estimate of drug-likeness (QED) is 0.282. The largest absolute Gasteiger partial charge is 0.505 e. The lowest BCUT2D eigenvalue weighted by molar-refractivity contribution is -0.0686. The molecule has 14 heavy (non-hydrogen) atoms. The number of carboxylic acid groups (broad SMARTS) is 1. The van der Waals surface area contributed by atoms with Gasteiger partial charge in [0.1, 0.15) is 0 Å². The summed E-state index contributed by atoms with van der Waals surface area (Å²) in [6.45, 7) is 6.87. The average Bonchev–Trinajstić information content (AvgIpc) is 2.12. The molecule has 0 spiro atoms. The first-order valence-corrected chi connectivity index (χ1v) is 4.09. The van der Waals surface area contributed by atoms with Gasteiger partial charge in [-0.15, -0.1) is 0 Å². The van der Waals surface area contributed by atoms with Crippen molar-refractivity contribution in [2.24, 2.45) is 0 Å². The number of hydrogen-bond donors (Lipinski definition) is 1. The number of ether oxygens (including phenoxy) is 3. The number of hydrogen-bond acceptors (Lipinski definition) is 4. The van der Waals surface area contributed by atoms with Crippen LogP contribution in [-0.2, 0) is 14.2 Å². The molecule has 0 aliphatic carbocycles. The first kappa shape index (κ1) is 12.3. The second-order valence-corrected chi connectivity index (χ2v) is 2.29. The maximum Gasteiger partial charge on any atom is 0.505 e. The molecule has 0 aliphatic rings. The molecule has 5 nitrogen and oxygen atoms in total. The van der Waals surface area contributed by atoms with Gasteiger partial charge in [0.2, 0.25) is 6.29 Å². The first-order valence-electron chi connectivity index (χ1n) is 4.09. The number of carbonyl (C=O) groups is 1. The lowest BCUT2D eigenvalue weighted by Crippen LogP contribution is -2.13. The second kappa shape index (κ2) is 7.97. The van der Waals surface area contributed by atoms with Gasteiger partial charge in [-0.3, -0.25) is 0 Å². The fraction of sp³-hybridized carbons (Fsp3) is 0.444. The monoisotopic (exact) mass is 202 g/mol. The van der Waals surface area contributed by atoms with Crippen molar-refractivity contribution in [3.05, 3.63) is 25.7 Å². The SMILES string of the molecule is C=COC(CCCOC(=O)O)OC=C. The van der Waals surface area contributed by atoms with Gasteiger partial charge in [0.25, 0.3) is 0 Å². The van der Waals surface area contributed by atoms with E-state index in [-0.39, 0.29) is 6.61 Å². The zero-order valence-corrected chi connectivity index (χ0v) is 7.85. The van der Waals surface area contributed by atoms with Gasteiger partial charge in [-0.2, -0.15) is 0 Å². The van der Waals surface area contributed by atoms with Crippen molar-refractivity contribution >= 4 is 6.16 Å². The van der Waals surface area contributed by atoms with Crippen molar-refractivity contribution in [3.63, 3.8) is 0 Å². The minimum Gasteiger partial charge on any atom is -0.463 e. The van der Waals surface area contributed by atoms with Gasteiger partial charge < -0.3 is 19.3 Å². The van der Waals surface area contributed by atoms with E-state index in [1.165, 1.54) is 12.5 Å². The standard InChI is InChI=1S/C9H14O5/c1-3-12-8(13-4-2)6-5-7-14-9(10)11/h3-4,8H,1-2,5-7H2,(H,10,11). The van der Waals surface area contributed by atoms with Crippen molar-refractivity contribution in [2.75, 3.05) is 6.61 Å². The van der Waals surface area contributed by atoms with Gasteiger partial charge in [-0.1, -0.05) is 13.2 Å². The fourth-order valence-corrected chi connectivity index (χ4v) is 0.792. The summed E-state index contributed by atoms with van der Waals surface area (Å²) in [5, 5.41) is 8.17. The van der Waals surface area contributed by atoms with Crippen LogP contribution in [0.25, 0.3) is 0 Å². The van der Waals surface area contributed by atoms with E-state index in [1.807, 2.05) is 0 Å². The molecule has 0 radical (unpaired) electrons. The van der Waals surface area contributed by atoms with Crippen molar-refractivity contribution in [1.29, 1.82) is 0 Å². The van der Waals surface area contributed by atoms with Crippen molar-refractivity contribution in [3.8, 4) is 0 Å². The Kier molecular flexibility index (Phi) is 7.03. The van der Waals surface area contributed by atoms with E-state index in [9.17, 15) is 4.79 Å². The van der Waals surface area contributed by atoms with E-state index in [4.69, 9.17) is 14.6 Å². The molecule has 0 heterocycles. The van der Waals surface area contributed by atoms with Crippen LogP contribution >= 0.6 is 0 Å². The van der Waals surface area contributed by atoms with Crippen LogP contribution in [0.3, 0.4) is 0 Å². The lowest BCUT2D eigenvalue weighted by atomic mass is 10.3. The Hall–Kier alpha value is -1.65. The van der Waals surface area contributed by atoms with Crippen molar-refractivity contribution in [2.45, 2.75) is 19.1 Å². The van der Waals surface area contributed by atoms with Crippen LogP contribution < -0.4 is 0 Å². The highest BCUT2D eigenvalue weighted by atomic mass is 16.7. The summed E-state index contributed by atoms with van der Waals surface area (Å²) in [4.78, 5) is 9.98. The Labute approximate surface area is 82.6 Å². The third kappa shape index (κ3) is 7.02. The summed E-state index contributed by atoms with van der Waals surface area (Å²) in [5.74, 6) is 0. The predicted molar refractivity (Wildman–Crippen MR) is 49.6 cm³/mol. The van der Waals surface area contributed by atoms with Gasteiger partial charge in [0, 0.05) is 6.42 Å². The summed E-state index contributed by atoms with van der Waals surface area (Å²) >= 11 is 0. The first-order chi connectivity index (χ1) is 6.70. The molecule has 0 fully saturated rings. The van der Waals surface area contributed by atoms with Crippen LogP contribution in [0.5, 0.6) is 0 Å². The molecule has 0 aromatic heterocycles. The average molecular weight is 202 g/mol. The summed E-state index contributed by atoms with van der Waals surface area (Å²) in [7, 11) is 0. The van der Waals surface area contributed by atoms with Crippen molar-refractivity contribution in [1.82, 2.24) is 0 Å². The van der Waals surface area contributed by atoms with Crippen molar-refractivity contribution < 1.29 is 24.1 Å².